The fraction of sp³-hybridized carbons (Fsp3) is 0.647. The average Bonchev–Trinajstić information content (AvgIpc) is 2.84. The molecule has 3 heteroatoms. The Morgan fingerprint density at radius 1 is 1.40 bits per heavy atom. The van der Waals surface area contributed by atoms with Crippen LogP contribution in [0.3, 0.4) is 0 Å². The van der Waals surface area contributed by atoms with Gasteiger partial charge in [-0.1, -0.05) is 19.4 Å². The lowest BCUT2D eigenvalue weighted by Gasteiger charge is -2.38. The van der Waals surface area contributed by atoms with Crippen LogP contribution in [0.5, 0.6) is 5.75 Å². The second-order valence-corrected chi connectivity index (χ2v) is 6.27. The molecule has 3 rings (SSSR count). The zero-order valence-corrected chi connectivity index (χ0v) is 12.6. The van der Waals surface area contributed by atoms with Gasteiger partial charge in [-0.3, -0.25) is 4.90 Å². The maximum Gasteiger partial charge on any atom is 0.119 e. The smallest absolute Gasteiger partial charge is 0.119 e. The van der Waals surface area contributed by atoms with E-state index >= 15 is 0 Å². The lowest BCUT2D eigenvalue weighted by Crippen LogP contribution is -2.46. The molecule has 0 bridgehead atoms. The fourth-order valence-electron chi connectivity index (χ4n) is 3.84. The van der Waals surface area contributed by atoms with E-state index in [9.17, 15) is 0 Å². The van der Waals surface area contributed by atoms with Gasteiger partial charge >= 0.3 is 0 Å². The monoisotopic (exact) mass is 274 g/mol. The molecule has 1 fully saturated rings. The number of benzene rings is 1. The molecular formula is C17H26N2O. The molecule has 3 nitrogen and oxygen atoms in total. The van der Waals surface area contributed by atoms with Crippen molar-refractivity contribution in [2.75, 3.05) is 20.2 Å². The van der Waals surface area contributed by atoms with Gasteiger partial charge in [-0.05, 0) is 55.0 Å². The summed E-state index contributed by atoms with van der Waals surface area (Å²) in [4.78, 5) is 2.63. The zero-order chi connectivity index (χ0) is 14.1. The molecule has 110 valence electrons. The molecule has 0 spiro atoms. The first-order valence-electron chi connectivity index (χ1n) is 7.89. The number of methoxy groups -OCH3 is 1. The predicted octanol–water partition coefficient (Wildman–Crippen LogP) is 2.74. The summed E-state index contributed by atoms with van der Waals surface area (Å²) >= 11 is 0. The number of nitrogens with zero attached hydrogens (tertiary/aromatic N) is 1. The summed E-state index contributed by atoms with van der Waals surface area (Å²) in [5.41, 5.74) is 9.22. The lowest BCUT2D eigenvalue weighted by atomic mass is 9.93. The van der Waals surface area contributed by atoms with Gasteiger partial charge < -0.3 is 10.5 Å². The maximum atomic E-state index is 6.53. The van der Waals surface area contributed by atoms with E-state index in [0.717, 1.165) is 18.1 Å². The molecule has 0 radical (unpaired) electrons. The Bertz CT molecular complexity index is 474. The van der Waals surface area contributed by atoms with Crippen molar-refractivity contribution in [2.45, 2.75) is 44.7 Å². The molecule has 0 aromatic heterocycles. The Morgan fingerprint density at radius 3 is 3.00 bits per heavy atom. The van der Waals surface area contributed by atoms with Crippen LogP contribution >= 0.6 is 0 Å². The molecule has 1 heterocycles. The van der Waals surface area contributed by atoms with Crippen LogP contribution in [0.4, 0.5) is 0 Å². The second kappa shape index (κ2) is 5.74. The van der Waals surface area contributed by atoms with E-state index in [1.54, 1.807) is 7.11 Å². The molecule has 0 saturated carbocycles. The number of likely N-dealkylation sites (tertiary alicyclic amines) is 1. The predicted molar refractivity (Wildman–Crippen MR) is 82.0 cm³/mol. The van der Waals surface area contributed by atoms with Crippen LogP contribution in [0.2, 0.25) is 0 Å². The maximum absolute atomic E-state index is 6.53. The van der Waals surface area contributed by atoms with Crippen molar-refractivity contribution in [1.82, 2.24) is 4.90 Å². The van der Waals surface area contributed by atoms with Crippen LogP contribution in [0.1, 0.15) is 43.4 Å². The first kappa shape index (κ1) is 13.9. The largest absolute Gasteiger partial charge is 0.497 e. The average molecular weight is 274 g/mol. The first-order valence-corrected chi connectivity index (χ1v) is 7.89. The van der Waals surface area contributed by atoms with Crippen LogP contribution < -0.4 is 10.5 Å². The molecule has 1 aliphatic carbocycles. The summed E-state index contributed by atoms with van der Waals surface area (Å²) in [6.07, 6.45) is 5.09. The summed E-state index contributed by atoms with van der Waals surface area (Å²) in [7, 11) is 1.72. The molecule has 1 aromatic carbocycles. The van der Waals surface area contributed by atoms with Crippen LogP contribution in [0.25, 0.3) is 0 Å². The Morgan fingerprint density at radius 2 is 2.25 bits per heavy atom. The van der Waals surface area contributed by atoms with Crippen molar-refractivity contribution in [1.29, 1.82) is 0 Å². The van der Waals surface area contributed by atoms with Crippen LogP contribution in [-0.4, -0.2) is 31.1 Å². The number of ether oxygens (including phenoxy) is 1. The molecule has 2 N–H and O–H groups in total. The van der Waals surface area contributed by atoms with Crippen molar-refractivity contribution >= 4 is 0 Å². The van der Waals surface area contributed by atoms with E-state index in [-0.39, 0.29) is 6.04 Å². The summed E-state index contributed by atoms with van der Waals surface area (Å²) in [6, 6.07) is 6.98. The highest BCUT2D eigenvalue weighted by Crippen LogP contribution is 2.36. The summed E-state index contributed by atoms with van der Waals surface area (Å²) in [6.45, 7) is 4.74. The number of nitrogens with two attached hydrogens (primary N) is 1. The van der Waals surface area contributed by atoms with E-state index in [4.69, 9.17) is 10.5 Å². The highest BCUT2D eigenvalue weighted by atomic mass is 16.5. The number of piperidine rings is 1. The van der Waals surface area contributed by atoms with Gasteiger partial charge in [0.05, 0.1) is 7.11 Å². The highest BCUT2D eigenvalue weighted by molar-refractivity contribution is 5.42. The van der Waals surface area contributed by atoms with Gasteiger partial charge in [-0.15, -0.1) is 0 Å². The molecule has 1 aliphatic heterocycles. The van der Waals surface area contributed by atoms with Crippen LogP contribution in [0.15, 0.2) is 18.2 Å². The van der Waals surface area contributed by atoms with Crippen molar-refractivity contribution < 1.29 is 4.74 Å². The Balaban J connectivity index is 1.77. The normalized spacial score (nSPS) is 30.2. The van der Waals surface area contributed by atoms with E-state index in [1.165, 1.54) is 43.5 Å². The number of fused-ring (bicyclic) bond motifs is 1. The molecular weight excluding hydrogens is 248 g/mol. The number of hydrogen-bond acceptors (Lipinski definition) is 3. The molecule has 3 unspecified atom stereocenters. The molecule has 20 heavy (non-hydrogen) atoms. The third-order valence-corrected chi connectivity index (χ3v) is 5.15. The molecule has 2 aliphatic rings. The van der Waals surface area contributed by atoms with Gasteiger partial charge in [0, 0.05) is 18.6 Å². The first-order chi connectivity index (χ1) is 9.72. The summed E-state index contributed by atoms with van der Waals surface area (Å²) in [5.74, 6) is 1.78. The standard InChI is InChI=1S/C17H26N2O/c1-3-12-5-4-8-19(11-12)16-9-13-6-7-14(20-2)10-15(13)17(16)18/h6-7,10,12,16-17H,3-5,8-9,11,18H2,1-2H3. The van der Waals surface area contributed by atoms with Crippen molar-refractivity contribution in [3.63, 3.8) is 0 Å². The van der Waals surface area contributed by atoms with Gasteiger partial charge in [-0.2, -0.15) is 0 Å². The minimum Gasteiger partial charge on any atom is -0.497 e. The molecule has 3 atom stereocenters. The Labute approximate surface area is 122 Å². The number of hydrogen-bond donors (Lipinski definition) is 1. The SMILES string of the molecule is CCC1CCCN(C2Cc3ccc(OC)cc3C2N)C1. The van der Waals surface area contributed by atoms with E-state index in [1.807, 2.05) is 0 Å². The van der Waals surface area contributed by atoms with Gasteiger partial charge in [0.2, 0.25) is 0 Å². The molecule has 0 amide bonds. The zero-order valence-electron chi connectivity index (χ0n) is 12.6. The third kappa shape index (κ3) is 2.45. The summed E-state index contributed by atoms with van der Waals surface area (Å²) in [5, 5.41) is 0. The number of rotatable bonds is 3. The van der Waals surface area contributed by atoms with E-state index in [0.29, 0.717) is 6.04 Å². The van der Waals surface area contributed by atoms with Crippen LogP contribution in [-0.2, 0) is 6.42 Å². The van der Waals surface area contributed by atoms with Crippen molar-refractivity contribution in [3.05, 3.63) is 29.3 Å². The fourth-order valence-corrected chi connectivity index (χ4v) is 3.84. The Hall–Kier alpha value is -1.06. The van der Waals surface area contributed by atoms with Gasteiger partial charge in [0.15, 0.2) is 0 Å². The topological polar surface area (TPSA) is 38.5 Å². The van der Waals surface area contributed by atoms with Gasteiger partial charge in [0.1, 0.15) is 5.75 Å². The van der Waals surface area contributed by atoms with Crippen LogP contribution in [0, 0.1) is 5.92 Å². The van der Waals surface area contributed by atoms with Crippen molar-refractivity contribution in [2.24, 2.45) is 11.7 Å². The van der Waals surface area contributed by atoms with Crippen molar-refractivity contribution in [3.8, 4) is 5.75 Å². The van der Waals surface area contributed by atoms with Gasteiger partial charge in [-0.25, -0.2) is 0 Å². The quantitative estimate of drug-likeness (QED) is 0.921. The Kier molecular flexibility index (Phi) is 3.99. The molecule has 1 saturated heterocycles. The minimum absolute atomic E-state index is 0.135. The van der Waals surface area contributed by atoms with Gasteiger partial charge in [0.25, 0.3) is 0 Å². The summed E-state index contributed by atoms with van der Waals surface area (Å²) < 4.78 is 5.33. The highest BCUT2D eigenvalue weighted by Gasteiger charge is 2.35. The third-order valence-electron chi connectivity index (χ3n) is 5.15. The lowest BCUT2D eigenvalue weighted by molar-refractivity contribution is 0.111. The van der Waals surface area contributed by atoms with E-state index in [2.05, 4.69) is 30.0 Å². The second-order valence-electron chi connectivity index (χ2n) is 6.27. The minimum atomic E-state index is 0.135. The van der Waals surface area contributed by atoms with E-state index < -0.39 is 0 Å². The molecule has 1 aromatic rings.